The van der Waals surface area contributed by atoms with Gasteiger partial charge in [0.25, 0.3) is 5.91 Å². The molecule has 0 bridgehead atoms. The minimum atomic E-state index is -1.16. The van der Waals surface area contributed by atoms with E-state index in [9.17, 15) is 15.0 Å². The minimum Gasteiger partial charge on any atom is -0.497 e. The number of amides is 1. The number of methoxy groups -OCH3 is 1. The van der Waals surface area contributed by atoms with E-state index in [0.717, 1.165) is 0 Å². The fourth-order valence-electron chi connectivity index (χ4n) is 3.53. The van der Waals surface area contributed by atoms with Gasteiger partial charge >= 0.3 is 0 Å². The Morgan fingerprint density at radius 2 is 2.20 bits per heavy atom. The zero-order chi connectivity index (χ0) is 21.4. The fourth-order valence-corrected chi connectivity index (χ4v) is 3.53. The van der Waals surface area contributed by atoms with Crippen LogP contribution < -0.4 is 15.8 Å². The van der Waals surface area contributed by atoms with Crippen LogP contribution in [0.4, 0.5) is 5.82 Å². The summed E-state index contributed by atoms with van der Waals surface area (Å²) in [4.78, 5) is 25.5. The van der Waals surface area contributed by atoms with Crippen LogP contribution in [0.1, 0.15) is 22.4 Å². The minimum absolute atomic E-state index is 0.213. The van der Waals surface area contributed by atoms with Gasteiger partial charge in [0, 0.05) is 5.56 Å². The molecule has 11 heteroatoms. The monoisotopic (exact) mass is 414 g/mol. The quantitative estimate of drug-likeness (QED) is 0.443. The van der Waals surface area contributed by atoms with Crippen LogP contribution in [0.2, 0.25) is 0 Å². The summed E-state index contributed by atoms with van der Waals surface area (Å²) < 4.78 is 12.6. The van der Waals surface area contributed by atoms with Crippen molar-refractivity contribution in [1.82, 2.24) is 24.8 Å². The number of aliphatic hydroxyl groups excluding tert-OH is 2. The molecule has 1 aromatic carbocycles. The van der Waals surface area contributed by atoms with E-state index in [4.69, 9.17) is 15.2 Å². The number of nitrogens with zero attached hydrogens (tertiary/aromatic N) is 4. The van der Waals surface area contributed by atoms with Gasteiger partial charge in [-0.2, -0.15) is 0 Å². The number of imidazole rings is 1. The van der Waals surface area contributed by atoms with Gasteiger partial charge in [-0.1, -0.05) is 6.07 Å². The highest BCUT2D eigenvalue weighted by Gasteiger charge is 2.46. The normalized spacial score (nSPS) is 23.6. The molecule has 0 saturated carbocycles. The van der Waals surface area contributed by atoms with Gasteiger partial charge in [-0.25, -0.2) is 15.0 Å². The molecule has 11 nitrogen and oxygen atoms in total. The molecule has 4 unspecified atom stereocenters. The van der Waals surface area contributed by atoms with Crippen molar-refractivity contribution in [2.45, 2.75) is 31.4 Å². The van der Waals surface area contributed by atoms with E-state index >= 15 is 0 Å². The summed E-state index contributed by atoms with van der Waals surface area (Å²) in [5.74, 6) is 0.750. The number of nitrogen functional groups attached to an aromatic ring is 1. The maximum atomic E-state index is 12.8. The molecule has 1 saturated heterocycles. The number of benzene rings is 1. The van der Waals surface area contributed by atoms with Gasteiger partial charge in [-0.05, 0) is 25.1 Å². The van der Waals surface area contributed by atoms with E-state index < -0.39 is 37.0 Å². The first-order chi connectivity index (χ1) is 14.4. The first-order valence-electron chi connectivity index (χ1n) is 9.29. The van der Waals surface area contributed by atoms with Crippen LogP contribution in [0.25, 0.3) is 11.2 Å². The first kappa shape index (κ1) is 20.0. The highest BCUT2D eigenvalue weighted by Crippen LogP contribution is 2.32. The Bertz CT molecular complexity index is 1090. The molecular weight excluding hydrogens is 392 g/mol. The summed E-state index contributed by atoms with van der Waals surface area (Å²) in [5.41, 5.74) is 7.06. The van der Waals surface area contributed by atoms with Crippen LogP contribution in [0.3, 0.4) is 0 Å². The number of aliphatic hydroxyl groups is 2. The van der Waals surface area contributed by atoms with Crippen molar-refractivity contribution in [3.63, 3.8) is 0 Å². The summed E-state index contributed by atoms with van der Waals surface area (Å²) in [6.07, 6.45) is -1.47. The molecule has 0 aliphatic carbocycles. The number of nitrogens with one attached hydrogen (secondary N) is 1. The van der Waals surface area contributed by atoms with E-state index in [1.807, 2.05) is 0 Å². The maximum Gasteiger partial charge on any atom is 0.251 e. The number of hydrogen-bond donors (Lipinski definition) is 4. The van der Waals surface area contributed by atoms with Gasteiger partial charge in [-0.3, -0.25) is 9.36 Å². The van der Waals surface area contributed by atoms with Crippen LogP contribution in [-0.2, 0) is 4.74 Å². The van der Waals surface area contributed by atoms with E-state index in [1.165, 1.54) is 13.4 Å². The van der Waals surface area contributed by atoms with Crippen LogP contribution in [0.15, 0.2) is 30.6 Å². The van der Waals surface area contributed by atoms with E-state index in [-0.39, 0.29) is 5.82 Å². The lowest BCUT2D eigenvalue weighted by Gasteiger charge is -2.23. The molecule has 1 fully saturated rings. The lowest BCUT2D eigenvalue weighted by Crippen LogP contribution is -2.46. The predicted molar refractivity (Wildman–Crippen MR) is 106 cm³/mol. The average Bonchev–Trinajstić information content (AvgIpc) is 3.29. The number of aromatic nitrogens is 4. The van der Waals surface area contributed by atoms with E-state index in [1.54, 1.807) is 35.8 Å². The lowest BCUT2D eigenvalue weighted by atomic mass is 10.1. The second kappa shape index (κ2) is 7.86. The molecule has 158 valence electrons. The van der Waals surface area contributed by atoms with Crippen molar-refractivity contribution in [3.05, 3.63) is 42.0 Å². The van der Waals surface area contributed by atoms with E-state index in [2.05, 4.69) is 20.3 Å². The summed E-state index contributed by atoms with van der Waals surface area (Å²) in [5, 5.41) is 23.1. The smallest absolute Gasteiger partial charge is 0.251 e. The maximum absolute atomic E-state index is 12.8. The number of aryl methyl sites for hydroxylation is 1. The summed E-state index contributed by atoms with van der Waals surface area (Å²) in [6.45, 7) is 1.27. The van der Waals surface area contributed by atoms with Crippen LogP contribution >= 0.6 is 0 Å². The molecular formula is C19H22N6O5. The largest absolute Gasteiger partial charge is 0.497 e. The first-order valence-corrected chi connectivity index (χ1v) is 9.29. The second-order valence-electron chi connectivity index (χ2n) is 6.95. The van der Waals surface area contributed by atoms with Gasteiger partial charge < -0.3 is 30.7 Å². The zero-order valence-electron chi connectivity index (χ0n) is 16.4. The van der Waals surface area contributed by atoms with Crippen LogP contribution in [0.5, 0.6) is 5.75 Å². The SMILES string of the molecule is COc1cccc(C(=O)NC2C(O)C(CO)OC2n2cnc3c(N)nc(C)nc32)c1. The Morgan fingerprint density at radius 3 is 2.93 bits per heavy atom. The van der Waals surface area contributed by atoms with Gasteiger partial charge in [0.15, 0.2) is 17.7 Å². The number of hydrogen-bond acceptors (Lipinski definition) is 9. The molecule has 3 heterocycles. The lowest BCUT2D eigenvalue weighted by molar-refractivity contribution is -0.0440. The van der Waals surface area contributed by atoms with Crippen molar-refractivity contribution in [2.24, 2.45) is 0 Å². The predicted octanol–water partition coefficient (Wildman–Crippen LogP) is -0.225. The van der Waals surface area contributed by atoms with Gasteiger partial charge in [-0.15, -0.1) is 0 Å². The third kappa shape index (κ3) is 3.43. The Labute approximate surface area is 171 Å². The summed E-state index contributed by atoms with van der Waals surface area (Å²) >= 11 is 0. The second-order valence-corrected chi connectivity index (χ2v) is 6.95. The Balaban J connectivity index is 1.69. The molecule has 1 amide bonds. The molecule has 1 aliphatic rings. The summed E-state index contributed by atoms with van der Waals surface area (Å²) in [6, 6.07) is 5.74. The summed E-state index contributed by atoms with van der Waals surface area (Å²) in [7, 11) is 1.51. The highest BCUT2D eigenvalue weighted by molar-refractivity contribution is 5.94. The molecule has 5 N–H and O–H groups in total. The zero-order valence-corrected chi connectivity index (χ0v) is 16.4. The number of fused-ring (bicyclic) bond motifs is 1. The Morgan fingerprint density at radius 1 is 1.40 bits per heavy atom. The van der Waals surface area contributed by atoms with Gasteiger partial charge in [0.2, 0.25) is 0 Å². The van der Waals surface area contributed by atoms with Crippen molar-refractivity contribution in [2.75, 3.05) is 19.5 Å². The molecule has 0 spiro atoms. The van der Waals surface area contributed by atoms with Crippen molar-refractivity contribution in [1.29, 1.82) is 0 Å². The van der Waals surface area contributed by atoms with Crippen LogP contribution in [0, 0.1) is 6.92 Å². The third-order valence-electron chi connectivity index (χ3n) is 5.01. The molecule has 1 aliphatic heterocycles. The third-order valence-corrected chi connectivity index (χ3v) is 5.01. The standard InChI is InChI=1S/C19H22N6O5/c1-9-22-16(20)14-17(23-9)25(8-21-14)19-13(15(27)12(7-26)30-19)24-18(28)10-4-3-5-11(6-10)29-2/h3-6,8,12-13,15,19,26-27H,7H2,1-2H3,(H,24,28)(H2,20,22,23). The Hall–Kier alpha value is -3.28. The molecule has 4 rings (SSSR count). The number of carbonyl (C=O) groups is 1. The average molecular weight is 414 g/mol. The number of rotatable bonds is 5. The highest BCUT2D eigenvalue weighted by atomic mass is 16.5. The van der Waals surface area contributed by atoms with Crippen LogP contribution in [-0.4, -0.2) is 67.6 Å². The number of nitrogens with two attached hydrogens (primary N) is 1. The molecule has 3 aromatic rings. The topological polar surface area (TPSA) is 158 Å². The molecule has 30 heavy (non-hydrogen) atoms. The van der Waals surface area contributed by atoms with Gasteiger partial charge in [0.05, 0.1) is 20.0 Å². The Kier molecular flexibility index (Phi) is 5.24. The number of anilines is 1. The fraction of sp³-hybridized carbons (Fsp3) is 0.368. The van der Waals surface area contributed by atoms with Crippen molar-refractivity contribution < 1.29 is 24.5 Å². The number of carbonyl (C=O) groups excluding carboxylic acids is 1. The molecule has 0 radical (unpaired) electrons. The number of ether oxygens (including phenoxy) is 2. The van der Waals surface area contributed by atoms with Gasteiger partial charge in [0.1, 0.15) is 35.3 Å². The molecule has 4 atom stereocenters. The van der Waals surface area contributed by atoms with E-state index in [0.29, 0.717) is 28.3 Å². The van der Waals surface area contributed by atoms with Crippen molar-refractivity contribution in [3.8, 4) is 5.75 Å². The molecule has 2 aromatic heterocycles. The van der Waals surface area contributed by atoms with Crippen molar-refractivity contribution >= 4 is 22.9 Å².